The Labute approximate surface area is 214 Å². The molecule has 4 heterocycles. The number of hydrogen-bond acceptors (Lipinski definition) is 4. The Hall–Kier alpha value is -4.39. The highest BCUT2D eigenvalue weighted by Gasteiger charge is 2.19. The Morgan fingerprint density at radius 2 is 1.78 bits per heavy atom. The van der Waals surface area contributed by atoms with E-state index in [1.165, 1.54) is 19.9 Å². The summed E-state index contributed by atoms with van der Waals surface area (Å²) in [5.41, 5.74) is 5.13. The van der Waals surface area contributed by atoms with Crippen molar-refractivity contribution >= 4 is 16.9 Å². The largest absolute Gasteiger partial charge is 0.344 e. The lowest BCUT2D eigenvalue weighted by molar-refractivity contribution is 0.221. The van der Waals surface area contributed by atoms with Gasteiger partial charge in [-0.1, -0.05) is 18.7 Å². The van der Waals surface area contributed by atoms with E-state index in [9.17, 15) is 4.39 Å². The predicted octanol–water partition coefficient (Wildman–Crippen LogP) is 7.51. The first kappa shape index (κ1) is 24.3. The number of rotatable bonds is 7. The maximum absolute atomic E-state index is 15.2. The second-order valence-corrected chi connectivity index (χ2v) is 9.65. The standard InChI is InChI=1S/C30H27F2N5/c1-18-5-7-21(16-34-18)27-14-22-13-23(17-35-29(22)37-27)25-8-6-20(12-26(25)31)11-19(2)36-28-15-24(9-10-33-28)30(3,4)32/h5-10,12-17H,2,11H2,1,3-4H3,(H,33,36)(H,35,37). The fraction of sp³-hybridized carbons (Fsp3) is 0.167. The van der Waals surface area contributed by atoms with Crippen molar-refractivity contribution in [3.05, 3.63) is 108 Å². The monoisotopic (exact) mass is 495 g/mol. The molecule has 0 aliphatic carbocycles. The van der Waals surface area contributed by atoms with Crippen molar-refractivity contribution in [1.82, 2.24) is 19.9 Å². The van der Waals surface area contributed by atoms with Crippen molar-refractivity contribution in [3.63, 3.8) is 0 Å². The molecule has 5 nitrogen and oxygen atoms in total. The third kappa shape index (κ3) is 5.40. The van der Waals surface area contributed by atoms with Crippen molar-refractivity contribution in [3.8, 4) is 22.4 Å². The Morgan fingerprint density at radius 3 is 2.51 bits per heavy atom. The molecule has 0 bridgehead atoms. The van der Waals surface area contributed by atoms with Gasteiger partial charge in [0.2, 0.25) is 0 Å². The number of H-pyrrole nitrogens is 1. The SMILES string of the molecule is C=C(Cc1ccc(-c2cnc3[nH]c(-c4ccc(C)nc4)cc3c2)c(F)c1)Nc1cc(C(C)(C)F)ccn1. The van der Waals surface area contributed by atoms with Crippen molar-refractivity contribution in [2.45, 2.75) is 32.9 Å². The molecule has 0 saturated heterocycles. The summed E-state index contributed by atoms with van der Waals surface area (Å²) in [6, 6.07) is 16.3. The summed E-state index contributed by atoms with van der Waals surface area (Å²) >= 11 is 0. The van der Waals surface area contributed by atoms with Crippen LogP contribution in [0.15, 0.2) is 85.5 Å². The molecule has 7 heteroatoms. The van der Waals surface area contributed by atoms with Crippen LogP contribution in [-0.2, 0) is 12.1 Å². The first-order chi connectivity index (χ1) is 17.7. The van der Waals surface area contributed by atoms with Gasteiger partial charge in [-0.25, -0.2) is 18.7 Å². The van der Waals surface area contributed by atoms with Crippen LogP contribution in [0.2, 0.25) is 0 Å². The number of fused-ring (bicyclic) bond motifs is 1. The molecule has 0 unspecified atom stereocenters. The molecule has 0 saturated carbocycles. The van der Waals surface area contributed by atoms with Crippen LogP contribution in [0.1, 0.15) is 30.7 Å². The van der Waals surface area contributed by atoms with Gasteiger partial charge in [0.1, 0.15) is 23.0 Å². The Balaban J connectivity index is 1.32. The zero-order chi connectivity index (χ0) is 26.2. The fourth-order valence-corrected chi connectivity index (χ4v) is 4.19. The molecule has 1 aromatic carbocycles. The molecule has 37 heavy (non-hydrogen) atoms. The number of pyridine rings is 3. The van der Waals surface area contributed by atoms with Crippen molar-refractivity contribution in [1.29, 1.82) is 0 Å². The quantitative estimate of drug-likeness (QED) is 0.245. The molecule has 2 N–H and O–H groups in total. The van der Waals surface area contributed by atoms with Gasteiger partial charge < -0.3 is 10.3 Å². The van der Waals surface area contributed by atoms with E-state index in [0.29, 0.717) is 34.6 Å². The van der Waals surface area contributed by atoms with E-state index in [0.717, 1.165) is 33.5 Å². The summed E-state index contributed by atoms with van der Waals surface area (Å²) in [5.74, 6) is 0.154. The van der Waals surface area contributed by atoms with E-state index in [1.54, 1.807) is 30.6 Å². The van der Waals surface area contributed by atoms with Crippen LogP contribution >= 0.6 is 0 Å². The molecule has 0 fully saturated rings. The molecular formula is C30H27F2N5. The highest BCUT2D eigenvalue weighted by atomic mass is 19.1. The lowest BCUT2D eigenvalue weighted by Gasteiger charge is -2.16. The number of nitrogens with zero attached hydrogens (tertiary/aromatic N) is 3. The number of aryl methyl sites for hydroxylation is 1. The van der Waals surface area contributed by atoms with E-state index in [4.69, 9.17) is 0 Å². The summed E-state index contributed by atoms with van der Waals surface area (Å²) in [7, 11) is 0. The van der Waals surface area contributed by atoms with Gasteiger partial charge in [0.15, 0.2) is 0 Å². The van der Waals surface area contributed by atoms with Crippen LogP contribution in [-0.4, -0.2) is 19.9 Å². The molecule has 0 aliphatic heterocycles. The van der Waals surface area contributed by atoms with Gasteiger partial charge in [-0.15, -0.1) is 0 Å². The highest BCUT2D eigenvalue weighted by molar-refractivity contribution is 5.86. The summed E-state index contributed by atoms with van der Waals surface area (Å²) in [6.07, 6.45) is 5.43. The Kier molecular flexibility index (Phi) is 6.29. The highest BCUT2D eigenvalue weighted by Crippen LogP contribution is 2.30. The van der Waals surface area contributed by atoms with E-state index >= 15 is 4.39 Å². The number of allylic oxidation sites excluding steroid dienone is 1. The number of aromatic nitrogens is 4. The zero-order valence-corrected chi connectivity index (χ0v) is 20.9. The maximum atomic E-state index is 15.2. The van der Waals surface area contributed by atoms with Crippen LogP contribution in [0, 0.1) is 12.7 Å². The van der Waals surface area contributed by atoms with Gasteiger partial charge in [0.25, 0.3) is 0 Å². The summed E-state index contributed by atoms with van der Waals surface area (Å²) in [5, 5.41) is 3.98. The average Bonchev–Trinajstić information content (AvgIpc) is 3.27. The minimum Gasteiger partial charge on any atom is -0.344 e. The predicted molar refractivity (Wildman–Crippen MR) is 144 cm³/mol. The van der Waals surface area contributed by atoms with Crippen LogP contribution in [0.25, 0.3) is 33.4 Å². The third-order valence-corrected chi connectivity index (χ3v) is 6.21. The van der Waals surface area contributed by atoms with Crippen LogP contribution in [0.3, 0.4) is 0 Å². The maximum Gasteiger partial charge on any atom is 0.137 e. The molecule has 0 radical (unpaired) electrons. The number of alkyl halides is 1. The van der Waals surface area contributed by atoms with Gasteiger partial charge >= 0.3 is 0 Å². The van der Waals surface area contributed by atoms with Crippen molar-refractivity contribution in [2.75, 3.05) is 5.32 Å². The topological polar surface area (TPSA) is 66.5 Å². The number of anilines is 1. The van der Waals surface area contributed by atoms with Gasteiger partial charge in [0.05, 0.1) is 0 Å². The van der Waals surface area contributed by atoms with Crippen molar-refractivity contribution < 1.29 is 8.78 Å². The minimum absolute atomic E-state index is 0.343. The molecule has 186 valence electrons. The lowest BCUT2D eigenvalue weighted by atomic mass is 10.0. The normalized spacial score (nSPS) is 11.6. The number of aromatic amines is 1. The number of hydrogen-bond donors (Lipinski definition) is 2. The minimum atomic E-state index is -1.47. The first-order valence-corrected chi connectivity index (χ1v) is 12.0. The van der Waals surface area contributed by atoms with E-state index in [1.807, 2.05) is 43.5 Å². The van der Waals surface area contributed by atoms with Gasteiger partial charge in [-0.2, -0.15) is 0 Å². The summed E-state index contributed by atoms with van der Waals surface area (Å²) in [4.78, 5) is 16.4. The summed E-state index contributed by atoms with van der Waals surface area (Å²) in [6.45, 7) is 8.96. The second kappa shape index (κ2) is 9.58. The Morgan fingerprint density at radius 1 is 0.973 bits per heavy atom. The molecule has 0 amide bonds. The number of benzene rings is 1. The van der Waals surface area contributed by atoms with Crippen molar-refractivity contribution in [2.24, 2.45) is 0 Å². The van der Waals surface area contributed by atoms with Gasteiger partial charge in [-0.05, 0) is 74.4 Å². The third-order valence-electron chi connectivity index (χ3n) is 6.21. The second-order valence-electron chi connectivity index (χ2n) is 9.65. The van der Waals surface area contributed by atoms with Gasteiger partial charge in [0, 0.05) is 64.2 Å². The molecule has 0 spiro atoms. The van der Waals surface area contributed by atoms with Gasteiger partial charge in [-0.3, -0.25) is 4.98 Å². The smallest absolute Gasteiger partial charge is 0.137 e. The van der Waals surface area contributed by atoms with E-state index in [2.05, 4.69) is 31.8 Å². The molecule has 5 rings (SSSR count). The molecule has 0 atom stereocenters. The van der Waals surface area contributed by atoms with E-state index in [-0.39, 0.29) is 5.82 Å². The lowest BCUT2D eigenvalue weighted by Crippen LogP contribution is -2.11. The van der Waals surface area contributed by atoms with Crippen LogP contribution in [0.5, 0.6) is 0 Å². The van der Waals surface area contributed by atoms with E-state index < -0.39 is 5.67 Å². The number of nitrogens with one attached hydrogen (secondary N) is 2. The zero-order valence-electron chi connectivity index (χ0n) is 20.9. The molecule has 4 aromatic heterocycles. The Bertz CT molecular complexity index is 1600. The number of halogens is 2. The fourth-order valence-electron chi connectivity index (χ4n) is 4.19. The molecule has 0 aliphatic rings. The average molecular weight is 496 g/mol. The van der Waals surface area contributed by atoms with Crippen LogP contribution in [0.4, 0.5) is 14.6 Å². The summed E-state index contributed by atoms with van der Waals surface area (Å²) < 4.78 is 29.4. The first-order valence-electron chi connectivity index (χ1n) is 12.0. The molecular weight excluding hydrogens is 468 g/mol. The molecule has 5 aromatic rings. The van der Waals surface area contributed by atoms with Crippen LogP contribution < -0.4 is 5.32 Å².